The maximum atomic E-state index is 12.2. The molecule has 0 saturated carbocycles. The van der Waals surface area contributed by atoms with Crippen LogP contribution in [-0.2, 0) is 11.3 Å². The van der Waals surface area contributed by atoms with E-state index in [-0.39, 0.29) is 11.7 Å². The van der Waals surface area contributed by atoms with Gasteiger partial charge in [-0.2, -0.15) is 5.10 Å². The van der Waals surface area contributed by atoms with Crippen molar-refractivity contribution in [1.82, 2.24) is 20.0 Å². The average Bonchev–Trinajstić information content (AvgIpc) is 3.11. The van der Waals surface area contributed by atoms with Crippen LogP contribution in [0.2, 0.25) is 0 Å². The molecular weight excluding hydrogens is 382 g/mol. The summed E-state index contributed by atoms with van der Waals surface area (Å²) in [6.45, 7) is 0.698. The van der Waals surface area contributed by atoms with Gasteiger partial charge in [-0.05, 0) is 29.8 Å². The van der Waals surface area contributed by atoms with E-state index in [0.717, 1.165) is 16.2 Å². The molecule has 0 aliphatic rings. The van der Waals surface area contributed by atoms with Crippen molar-refractivity contribution in [3.63, 3.8) is 0 Å². The van der Waals surface area contributed by atoms with Crippen LogP contribution in [0, 0.1) is 0 Å². The summed E-state index contributed by atoms with van der Waals surface area (Å²) in [4.78, 5) is 21.0. The van der Waals surface area contributed by atoms with Gasteiger partial charge < -0.3 is 4.57 Å². The van der Waals surface area contributed by atoms with Crippen molar-refractivity contribution in [3.8, 4) is 0 Å². The first kappa shape index (κ1) is 18.9. The summed E-state index contributed by atoms with van der Waals surface area (Å²) in [7, 11) is 0. The number of hydrogen-bond donors (Lipinski definition) is 1. The topological polar surface area (TPSA) is 72.2 Å². The Labute approximate surface area is 172 Å². The van der Waals surface area contributed by atoms with Crippen molar-refractivity contribution in [2.75, 3.05) is 5.75 Å². The lowest BCUT2D eigenvalue weighted by atomic mass is 10.2. The number of imidazole rings is 1. The molecule has 0 fully saturated rings. The third-order valence-corrected chi connectivity index (χ3v) is 5.19. The zero-order chi connectivity index (χ0) is 19.9. The predicted molar refractivity (Wildman–Crippen MR) is 116 cm³/mol. The van der Waals surface area contributed by atoms with E-state index < -0.39 is 0 Å². The number of carbonyl (C=O) groups is 1. The Kier molecular flexibility index (Phi) is 5.97. The number of aromatic nitrogens is 3. The van der Waals surface area contributed by atoms with Gasteiger partial charge in [0.05, 0.1) is 35.2 Å². The number of nitrogens with one attached hydrogen (secondary N) is 1. The van der Waals surface area contributed by atoms with Gasteiger partial charge >= 0.3 is 0 Å². The van der Waals surface area contributed by atoms with Crippen molar-refractivity contribution >= 4 is 34.9 Å². The first-order valence-corrected chi connectivity index (χ1v) is 10.1. The van der Waals surface area contributed by atoms with E-state index in [0.29, 0.717) is 12.2 Å². The molecule has 0 unspecified atom stereocenters. The second-order valence-electron chi connectivity index (χ2n) is 6.29. The summed E-state index contributed by atoms with van der Waals surface area (Å²) in [6, 6.07) is 23.7. The van der Waals surface area contributed by atoms with Crippen LogP contribution in [0.1, 0.15) is 11.3 Å². The van der Waals surface area contributed by atoms with Gasteiger partial charge in [0.25, 0.3) is 5.91 Å². The fourth-order valence-corrected chi connectivity index (χ4v) is 3.67. The first-order valence-electron chi connectivity index (χ1n) is 9.14. The number of nitrogens with zero attached hydrogens (tertiary/aromatic N) is 4. The fraction of sp³-hybridized carbons (Fsp3) is 0.0909. The molecule has 29 heavy (non-hydrogen) atoms. The molecule has 0 aliphatic carbocycles. The van der Waals surface area contributed by atoms with Crippen molar-refractivity contribution in [2.24, 2.45) is 5.10 Å². The third kappa shape index (κ3) is 4.89. The molecule has 7 heteroatoms. The number of fused-ring (bicyclic) bond motifs is 1. The molecule has 0 radical (unpaired) electrons. The molecule has 0 spiro atoms. The van der Waals surface area contributed by atoms with E-state index in [1.807, 2.05) is 60.7 Å². The van der Waals surface area contributed by atoms with Crippen LogP contribution >= 0.6 is 11.8 Å². The lowest BCUT2D eigenvalue weighted by Gasteiger charge is -2.09. The zero-order valence-electron chi connectivity index (χ0n) is 15.6. The predicted octanol–water partition coefficient (Wildman–Crippen LogP) is 3.72. The van der Waals surface area contributed by atoms with E-state index in [4.69, 9.17) is 4.98 Å². The summed E-state index contributed by atoms with van der Waals surface area (Å²) in [6.07, 6.45) is 3.20. The first-order chi connectivity index (χ1) is 14.3. The number of para-hydroxylation sites is 2. The van der Waals surface area contributed by atoms with Crippen LogP contribution in [-0.4, -0.2) is 32.4 Å². The quantitative estimate of drug-likeness (QED) is 0.291. The normalized spacial score (nSPS) is 11.2. The molecule has 1 N–H and O–H groups in total. The van der Waals surface area contributed by atoms with Gasteiger partial charge in [0.2, 0.25) is 0 Å². The van der Waals surface area contributed by atoms with Gasteiger partial charge in [-0.1, -0.05) is 60.3 Å². The van der Waals surface area contributed by atoms with E-state index in [1.54, 1.807) is 6.20 Å². The van der Waals surface area contributed by atoms with Crippen molar-refractivity contribution in [1.29, 1.82) is 0 Å². The van der Waals surface area contributed by atoms with Crippen LogP contribution in [0.3, 0.4) is 0 Å². The minimum atomic E-state index is -0.194. The Bertz CT molecular complexity index is 1130. The number of rotatable bonds is 7. The highest BCUT2D eigenvalue weighted by Gasteiger charge is 2.13. The molecule has 0 saturated heterocycles. The zero-order valence-corrected chi connectivity index (χ0v) is 16.4. The second-order valence-corrected chi connectivity index (χ2v) is 7.23. The summed E-state index contributed by atoms with van der Waals surface area (Å²) in [5, 5.41) is 4.76. The summed E-state index contributed by atoms with van der Waals surface area (Å²) < 4.78 is 2.14. The Morgan fingerprint density at radius 2 is 1.83 bits per heavy atom. The lowest BCUT2D eigenvalue weighted by molar-refractivity contribution is -0.118. The molecule has 6 nitrogen and oxygen atoms in total. The number of carbonyl (C=O) groups excluding carboxylic acids is 1. The van der Waals surface area contributed by atoms with E-state index in [1.165, 1.54) is 23.5 Å². The summed E-state index contributed by atoms with van der Waals surface area (Å²) in [5.41, 5.74) is 6.37. The van der Waals surface area contributed by atoms with Crippen molar-refractivity contribution in [3.05, 3.63) is 90.3 Å². The molecule has 4 rings (SSSR count). The Hall–Kier alpha value is -3.45. The van der Waals surface area contributed by atoms with E-state index in [2.05, 4.69) is 32.2 Å². The SMILES string of the molecule is O=C(CSc1nc2ccccc2n1Cc1ccccc1)N/N=C/c1ccccn1. The molecule has 0 aliphatic heterocycles. The second kappa shape index (κ2) is 9.16. The Morgan fingerprint density at radius 1 is 1.03 bits per heavy atom. The number of thioether (sulfide) groups is 1. The lowest BCUT2D eigenvalue weighted by Crippen LogP contribution is -2.20. The minimum Gasteiger partial charge on any atom is -0.314 e. The maximum absolute atomic E-state index is 12.2. The molecule has 2 aromatic heterocycles. The number of pyridine rings is 1. The minimum absolute atomic E-state index is 0.194. The highest BCUT2D eigenvalue weighted by atomic mass is 32.2. The molecule has 144 valence electrons. The standard InChI is InChI=1S/C22H19N5OS/c28-21(26-24-14-18-10-6-7-13-23-18)16-29-22-25-19-11-4-5-12-20(19)27(22)15-17-8-2-1-3-9-17/h1-14H,15-16H2,(H,26,28)/b24-14+. The highest BCUT2D eigenvalue weighted by Crippen LogP contribution is 2.25. The molecule has 2 aromatic carbocycles. The summed E-state index contributed by atoms with van der Waals surface area (Å²) >= 11 is 1.40. The van der Waals surface area contributed by atoms with Crippen molar-refractivity contribution in [2.45, 2.75) is 11.7 Å². The highest BCUT2D eigenvalue weighted by molar-refractivity contribution is 7.99. The molecule has 0 bridgehead atoms. The number of hydrogen-bond acceptors (Lipinski definition) is 5. The Morgan fingerprint density at radius 3 is 2.66 bits per heavy atom. The van der Waals surface area contributed by atoms with E-state index >= 15 is 0 Å². The van der Waals surface area contributed by atoms with Gasteiger partial charge in [0, 0.05) is 6.20 Å². The van der Waals surface area contributed by atoms with Gasteiger partial charge in [-0.3, -0.25) is 9.78 Å². The van der Waals surface area contributed by atoms with E-state index in [9.17, 15) is 4.79 Å². The number of benzene rings is 2. The molecule has 2 heterocycles. The molecule has 4 aromatic rings. The van der Waals surface area contributed by atoms with Crippen LogP contribution in [0.15, 0.2) is 89.3 Å². The van der Waals surface area contributed by atoms with Gasteiger partial charge in [-0.25, -0.2) is 10.4 Å². The summed E-state index contributed by atoms with van der Waals surface area (Å²) in [5.74, 6) is 0.0259. The monoisotopic (exact) mass is 401 g/mol. The fourth-order valence-electron chi connectivity index (χ4n) is 2.87. The average molecular weight is 401 g/mol. The van der Waals surface area contributed by atoms with Gasteiger partial charge in [0.15, 0.2) is 5.16 Å². The van der Waals surface area contributed by atoms with Gasteiger partial charge in [0.1, 0.15) is 0 Å². The maximum Gasteiger partial charge on any atom is 0.250 e. The Balaban J connectivity index is 1.45. The van der Waals surface area contributed by atoms with Crippen molar-refractivity contribution < 1.29 is 4.79 Å². The smallest absolute Gasteiger partial charge is 0.250 e. The molecule has 1 amide bonds. The number of amides is 1. The molecule has 0 atom stereocenters. The van der Waals surface area contributed by atoms with Crippen LogP contribution in [0.5, 0.6) is 0 Å². The van der Waals surface area contributed by atoms with Crippen LogP contribution in [0.4, 0.5) is 0 Å². The number of hydrazone groups is 1. The van der Waals surface area contributed by atoms with Crippen LogP contribution in [0.25, 0.3) is 11.0 Å². The van der Waals surface area contributed by atoms with Crippen LogP contribution < -0.4 is 5.43 Å². The third-order valence-electron chi connectivity index (χ3n) is 4.21. The largest absolute Gasteiger partial charge is 0.314 e. The molecular formula is C22H19N5OS. The van der Waals surface area contributed by atoms with Gasteiger partial charge in [-0.15, -0.1) is 0 Å².